The van der Waals surface area contributed by atoms with Crippen LogP contribution >= 0.6 is 20.4 Å². The van der Waals surface area contributed by atoms with Crippen LogP contribution in [0.5, 0.6) is 0 Å². The van der Waals surface area contributed by atoms with Gasteiger partial charge < -0.3 is 0 Å². The van der Waals surface area contributed by atoms with E-state index in [9.17, 15) is 7.65 Å². The number of esters is 1. The molecular weight excluding hydrogens is 346 g/mol. The summed E-state index contributed by atoms with van der Waals surface area (Å²) >= 11 is -2.90. The van der Waals surface area contributed by atoms with Crippen LogP contribution in [0.4, 0.5) is 2.86 Å². The van der Waals surface area contributed by atoms with E-state index in [0.717, 1.165) is 0 Å². The van der Waals surface area contributed by atoms with E-state index in [0.29, 0.717) is 9.33 Å². The van der Waals surface area contributed by atoms with Crippen molar-refractivity contribution < 1.29 is 12.4 Å². The first kappa shape index (κ1) is 15.1. The van der Waals surface area contributed by atoms with Crippen LogP contribution in [-0.2, 0) is 9.53 Å². The molecule has 0 fully saturated rings. The Morgan fingerprint density at radius 2 is 1.83 bits per heavy atom. The predicted molar refractivity (Wildman–Crippen MR) is 79.6 cm³/mol. The zero-order chi connectivity index (χ0) is 13.8. The number of hydrogen-bond acceptors (Lipinski definition) is 2. The minimum atomic E-state index is -2.90. The average Bonchev–Trinajstić information content (AvgIpc) is 2.27. The maximum absolute atomic E-state index is 14.3. The fourth-order valence-corrected chi connectivity index (χ4v) is 4.20. The van der Waals surface area contributed by atoms with Gasteiger partial charge in [0.1, 0.15) is 0 Å². The number of hydrogen-bond donors (Lipinski definition) is 0. The summed E-state index contributed by atoms with van der Waals surface area (Å²) in [5, 5.41) is 0. The van der Waals surface area contributed by atoms with Gasteiger partial charge in [-0.05, 0) is 0 Å². The monoisotopic (exact) mass is 364 g/mol. The molecule has 0 unspecified atom stereocenters. The fourth-order valence-electron chi connectivity index (χ4n) is 1.18. The van der Waals surface area contributed by atoms with Crippen molar-refractivity contribution in [1.29, 1.82) is 0 Å². The zero-order valence-corrected chi connectivity index (χ0v) is 13.2. The summed E-state index contributed by atoms with van der Waals surface area (Å²) in [5.41, 5.74) is -0.373. The number of allylic oxidation sites excluding steroid dienone is 1. The van der Waals surface area contributed by atoms with Crippen molar-refractivity contribution in [1.82, 2.24) is 0 Å². The molecule has 100 valence electrons. The van der Waals surface area contributed by atoms with Gasteiger partial charge >= 0.3 is 116 Å². The molecule has 0 bridgehead atoms. The van der Waals surface area contributed by atoms with E-state index >= 15 is 0 Å². The van der Waals surface area contributed by atoms with Crippen molar-refractivity contribution in [3.05, 3.63) is 43.7 Å². The van der Waals surface area contributed by atoms with E-state index in [1.54, 1.807) is 12.1 Å². The standard InChI is InChI=1S/C14H18FIO2/c1-11(17)18-13(14(2,3)4)10-16(15)12-8-6-5-7-9-12/h5-10H,1-4H3/b13-10+. The van der Waals surface area contributed by atoms with Crippen LogP contribution in [0, 0.1) is 8.99 Å². The molecule has 0 amide bonds. The number of benzene rings is 1. The molecule has 0 aliphatic heterocycles. The molecule has 1 aromatic rings. The summed E-state index contributed by atoms with van der Waals surface area (Å²) in [4.78, 5) is 11.1. The fraction of sp³-hybridized carbons (Fsp3) is 0.357. The van der Waals surface area contributed by atoms with E-state index in [-0.39, 0.29) is 5.41 Å². The molecule has 18 heavy (non-hydrogen) atoms. The Morgan fingerprint density at radius 1 is 1.28 bits per heavy atom. The molecule has 1 aromatic carbocycles. The summed E-state index contributed by atoms with van der Waals surface area (Å²) in [7, 11) is 0. The van der Waals surface area contributed by atoms with E-state index in [1.165, 1.54) is 11.0 Å². The number of carbonyl (C=O) groups is 1. The third-order valence-electron chi connectivity index (χ3n) is 2.13. The minimum absolute atomic E-state index is 0.373. The van der Waals surface area contributed by atoms with Gasteiger partial charge in [0, 0.05) is 0 Å². The third kappa shape index (κ3) is 4.76. The molecule has 0 N–H and O–H groups in total. The Morgan fingerprint density at radius 3 is 2.28 bits per heavy atom. The summed E-state index contributed by atoms with van der Waals surface area (Å²) in [5.74, 6) is 0.0139. The van der Waals surface area contributed by atoms with Crippen LogP contribution in [-0.4, -0.2) is 5.97 Å². The number of rotatable bonds is 3. The van der Waals surface area contributed by atoms with E-state index in [2.05, 4.69) is 0 Å². The molecule has 0 heterocycles. The van der Waals surface area contributed by atoms with Crippen molar-refractivity contribution in [2.75, 3.05) is 0 Å². The molecule has 0 aliphatic carbocycles. The molecule has 0 atom stereocenters. The third-order valence-corrected chi connectivity index (χ3v) is 5.15. The number of carbonyl (C=O) groups excluding carboxylic acids is 1. The van der Waals surface area contributed by atoms with Gasteiger partial charge in [-0.3, -0.25) is 0 Å². The Balaban J connectivity index is 2.98. The second-order valence-electron chi connectivity index (χ2n) is 4.88. The van der Waals surface area contributed by atoms with Crippen LogP contribution in [0.2, 0.25) is 0 Å². The van der Waals surface area contributed by atoms with Crippen molar-refractivity contribution in [3.63, 3.8) is 0 Å². The van der Waals surface area contributed by atoms with Gasteiger partial charge in [-0.2, -0.15) is 0 Å². The van der Waals surface area contributed by atoms with Gasteiger partial charge in [0.15, 0.2) is 0 Å². The summed E-state index contributed by atoms with van der Waals surface area (Å²) < 4.78 is 21.6. The topological polar surface area (TPSA) is 26.3 Å². The van der Waals surface area contributed by atoms with Gasteiger partial charge in [0.05, 0.1) is 0 Å². The second-order valence-corrected chi connectivity index (χ2v) is 8.25. The Labute approximate surface area is 115 Å². The first-order chi connectivity index (χ1) is 8.30. The van der Waals surface area contributed by atoms with Crippen LogP contribution in [0.3, 0.4) is 0 Å². The van der Waals surface area contributed by atoms with Crippen LogP contribution in [0.15, 0.2) is 40.2 Å². The molecule has 0 saturated carbocycles. The van der Waals surface area contributed by atoms with Gasteiger partial charge in [0.25, 0.3) is 0 Å². The van der Waals surface area contributed by atoms with Gasteiger partial charge in [-0.1, -0.05) is 0 Å². The molecule has 4 heteroatoms. The van der Waals surface area contributed by atoms with Crippen molar-refractivity contribution in [2.24, 2.45) is 5.41 Å². The molecule has 0 aliphatic rings. The molecule has 1 rings (SSSR count). The first-order valence-corrected chi connectivity index (χ1v) is 8.75. The van der Waals surface area contributed by atoms with Crippen LogP contribution in [0.25, 0.3) is 0 Å². The number of halogens is 2. The molecule has 0 spiro atoms. The van der Waals surface area contributed by atoms with Gasteiger partial charge in [0.2, 0.25) is 0 Å². The Kier molecular flexibility index (Phi) is 5.31. The van der Waals surface area contributed by atoms with Crippen molar-refractivity contribution in [3.8, 4) is 0 Å². The molecule has 0 saturated heterocycles. The average molecular weight is 364 g/mol. The Bertz CT molecular complexity index is 435. The SMILES string of the molecule is CC(=O)O/C(=C/I(F)c1ccccc1)C(C)(C)C. The van der Waals surface area contributed by atoms with E-state index < -0.39 is 26.4 Å². The summed E-state index contributed by atoms with van der Waals surface area (Å²) in [6.45, 7) is 7.03. The Hall–Kier alpha value is -0.910. The maximum atomic E-state index is 14.3. The van der Waals surface area contributed by atoms with Crippen molar-refractivity contribution in [2.45, 2.75) is 27.7 Å². The molecular formula is C14H18FIO2. The molecule has 0 aromatic heterocycles. The second kappa shape index (κ2) is 6.31. The molecule has 2 nitrogen and oxygen atoms in total. The predicted octanol–water partition coefficient (Wildman–Crippen LogP) is 4.70. The van der Waals surface area contributed by atoms with Gasteiger partial charge in [-0.15, -0.1) is 0 Å². The van der Waals surface area contributed by atoms with Crippen molar-refractivity contribution >= 4 is 26.4 Å². The zero-order valence-electron chi connectivity index (χ0n) is 11.0. The van der Waals surface area contributed by atoms with Gasteiger partial charge in [-0.25, -0.2) is 0 Å². The summed E-state index contributed by atoms with van der Waals surface area (Å²) in [6.07, 6.45) is 0. The molecule has 0 radical (unpaired) electrons. The quantitative estimate of drug-likeness (QED) is 0.442. The first-order valence-electron chi connectivity index (χ1n) is 5.61. The van der Waals surface area contributed by atoms with E-state index in [1.807, 2.05) is 39.0 Å². The van der Waals surface area contributed by atoms with Crippen LogP contribution in [0.1, 0.15) is 27.7 Å². The van der Waals surface area contributed by atoms with E-state index in [4.69, 9.17) is 4.74 Å². The number of ether oxygens (including phenoxy) is 1. The summed E-state index contributed by atoms with van der Waals surface area (Å²) in [6, 6.07) is 9.03. The van der Waals surface area contributed by atoms with Crippen LogP contribution < -0.4 is 0 Å². The normalized spacial score (nSPS) is 13.2.